The van der Waals surface area contributed by atoms with Crippen LogP contribution in [0.4, 0.5) is 0 Å². The highest BCUT2D eigenvalue weighted by molar-refractivity contribution is 4.68. The zero-order valence-corrected chi connectivity index (χ0v) is 10.4. The van der Waals surface area contributed by atoms with Crippen LogP contribution >= 0.6 is 0 Å². The molecule has 2 heteroatoms. The smallest absolute Gasteiger partial charge is 0.0524 e. The maximum Gasteiger partial charge on any atom is 0.0524 e. The lowest BCUT2D eigenvalue weighted by molar-refractivity contribution is 0.163. The van der Waals surface area contributed by atoms with Crippen LogP contribution in [0.25, 0.3) is 0 Å². The third-order valence-corrected chi connectivity index (χ3v) is 3.56. The SMILES string of the molecule is CC(O)CCN(C)CCCC1CCCC1. The molecule has 1 saturated carbocycles. The molecule has 0 heterocycles. The van der Waals surface area contributed by atoms with E-state index in [0.717, 1.165) is 18.9 Å². The Morgan fingerprint density at radius 2 is 1.93 bits per heavy atom. The van der Waals surface area contributed by atoms with Crippen molar-refractivity contribution in [3.05, 3.63) is 0 Å². The van der Waals surface area contributed by atoms with Crippen LogP contribution in [0.15, 0.2) is 0 Å². The van der Waals surface area contributed by atoms with Gasteiger partial charge in [0.15, 0.2) is 0 Å². The standard InChI is InChI=1S/C13H27NO/c1-12(15)9-11-14(2)10-5-8-13-6-3-4-7-13/h12-13,15H,3-11H2,1-2H3. The second-order valence-electron chi connectivity index (χ2n) is 5.23. The summed E-state index contributed by atoms with van der Waals surface area (Å²) in [6, 6.07) is 0. The van der Waals surface area contributed by atoms with Gasteiger partial charge in [0.05, 0.1) is 6.10 Å². The molecule has 1 rings (SSSR count). The topological polar surface area (TPSA) is 23.5 Å². The molecule has 2 nitrogen and oxygen atoms in total. The maximum absolute atomic E-state index is 9.17. The highest BCUT2D eigenvalue weighted by Crippen LogP contribution is 2.28. The van der Waals surface area contributed by atoms with E-state index in [-0.39, 0.29) is 6.10 Å². The first-order valence-electron chi connectivity index (χ1n) is 6.55. The molecular weight excluding hydrogens is 186 g/mol. The van der Waals surface area contributed by atoms with Crippen molar-refractivity contribution in [1.82, 2.24) is 4.90 Å². The Morgan fingerprint density at radius 1 is 1.27 bits per heavy atom. The summed E-state index contributed by atoms with van der Waals surface area (Å²) in [5.74, 6) is 1.02. The van der Waals surface area contributed by atoms with E-state index >= 15 is 0 Å². The first kappa shape index (κ1) is 13.0. The van der Waals surface area contributed by atoms with Crippen molar-refractivity contribution in [3.8, 4) is 0 Å². The number of aliphatic hydroxyl groups excluding tert-OH is 1. The van der Waals surface area contributed by atoms with E-state index in [9.17, 15) is 5.11 Å². The minimum absolute atomic E-state index is 0.151. The number of hydrogen-bond donors (Lipinski definition) is 1. The molecule has 0 spiro atoms. The summed E-state index contributed by atoms with van der Waals surface area (Å²) < 4.78 is 0. The van der Waals surface area contributed by atoms with Gasteiger partial charge in [-0.25, -0.2) is 0 Å². The molecule has 1 aliphatic rings. The third-order valence-electron chi connectivity index (χ3n) is 3.56. The van der Waals surface area contributed by atoms with Gasteiger partial charge in [0.1, 0.15) is 0 Å². The van der Waals surface area contributed by atoms with Gasteiger partial charge in [-0.05, 0) is 45.7 Å². The van der Waals surface area contributed by atoms with Crippen LogP contribution in [0.1, 0.15) is 51.9 Å². The van der Waals surface area contributed by atoms with Gasteiger partial charge in [-0.15, -0.1) is 0 Å². The normalized spacial score (nSPS) is 20.0. The van der Waals surface area contributed by atoms with Gasteiger partial charge in [-0.2, -0.15) is 0 Å². The monoisotopic (exact) mass is 213 g/mol. The summed E-state index contributed by atoms with van der Waals surface area (Å²) in [7, 11) is 2.16. The van der Waals surface area contributed by atoms with Crippen molar-refractivity contribution < 1.29 is 5.11 Å². The molecule has 0 amide bonds. The summed E-state index contributed by atoms with van der Waals surface area (Å²) in [6.07, 6.45) is 9.36. The molecule has 90 valence electrons. The van der Waals surface area contributed by atoms with Gasteiger partial charge in [-0.3, -0.25) is 0 Å². The Morgan fingerprint density at radius 3 is 2.53 bits per heavy atom. The van der Waals surface area contributed by atoms with Gasteiger partial charge in [0.25, 0.3) is 0 Å². The molecule has 0 saturated heterocycles. The van der Waals surface area contributed by atoms with Crippen LogP contribution < -0.4 is 0 Å². The Kier molecular flexibility index (Phi) is 6.26. The first-order chi connectivity index (χ1) is 7.18. The van der Waals surface area contributed by atoms with Gasteiger partial charge < -0.3 is 10.0 Å². The minimum atomic E-state index is -0.151. The highest BCUT2D eigenvalue weighted by atomic mass is 16.3. The molecule has 1 atom stereocenters. The minimum Gasteiger partial charge on any atom is -0.393 e. The molecule has 1 N–H and O–H groups in total. The van der Waals surface area contributed by atoms with Crippen molar-refractivity contribution >= 4 is 0 Å². The van der Waals surface area contributed by atoms with E-state index < -0.39 is 0 Å². The largest absolute Gasteiger partial charge is 0.393 e. The summed E-state index contributed by atoms with van der Waals surface area (Å²) in [4.78, 5) is 2.35. The van der Waals surface area contributed by atoms with E-state index in [1.807, 2.05) is 6.92 Å². The lowest BCUT2D eigenvalue weighted by Crippen LogP contribution is -2.23. The summed E-state index contributed by atoms with van der Waals surface area (Å²) in [5.41, 5.74) is 0. The number of rotatable bonds is 7. The quantitative estimate of drug-likeness (QED) is 0.703. The van der Waals surface area contributed by atoms with E-state index in [1.54, 1.807) is 0 Å². The summed E-state index contributed by atoms with van der Waals surface area (Å²) in [6.45, 7) is 4.10. The Bertz CT molecular complexity index is 153. The first-order valence-corrected chi connectivity index (χ1v) is 6.55. The molecule has 0 aromatic carbocycles. The Balaban J connectivity index is 1.93. The number of hydrogen-bond acceptors (Lipinski definition) is 2. The van der Waals surface area contributed by atoms with Crippen LogP contribution in [0.5, 0.6) is 0 Å². The highest BCUT2D eigenvalue weighted by Gasteiger charge is 2.14. The molecule has 0 aliphatic heterocycles. The molecular formula is C13H27NO. The predicted molar refractivity (Wildman–Crippen MR) is 65.0 cm³/mol. The van der Waals surface area contributed by atoms with Crippen molar-refractivity contribution in [2.45, 2.75) is 58.0 Å². The second-order valence-corrected chi connectivity index (χ2v) is 5.23. The number of aliphatic hydroxyl groups is 1. The molecule has 0 aromatic rings. The fraction of sp³-hybridized carbons (Fsp3) is 1.00. The van der Waals surface area contributed by atoms with Gasteiger partial charge >= 0.3 is 0 Å². The fourth-order valence-corrected chi connectivity index (χ4v) is 2.47. The van der Waals surface area contributed by atoms with Gasteiger partial charge in [0, 0.05) is 6.54 Å². The van der Waals surface area contributed by atoms with Crippen LogP contribution in [-0.4, -0.2) is 36.2 Å². The molecule has 1 fully saturated rings. The summed E-state index contributed by atoms with van der Waals surface area (Å²) >= 11 is 0. The Hall–Kier alpha value is -0.0800. The van der Waals surface area contributed by atoms with Crippen LogP contribution in [0.2, 0.25) is 0 Å². The molecule has 0 radical (unpaired) electrons. The van der Waals surface area contributed by atoms with E-state index in [4.69, 9.17) is 0 Å². The molecule has 15 heavy (non-hydrogen) atoms. The van der Waals surface area contributed by atoms with E-state index in [1.165, 1.54) is 45.1 Å². The zero-order valence-electron chi connectivity index (χ0n) is 10.4. The van der Waals surface area contributed by atoms with Crippen molar-refractivity contribution in [3.63, 3.8) is 0 Å². The fourth-order valence-electron chi connectivity index (χ4n) is 2.47. The van der Waals surface area contributed by atoms with Crippen molar-refractivity contribution in [2.24, 2.45) is 5.92 Å². The van der Waals surface area contributed by atoms with Crippen molar-refractivity contribution in [2.75, 3.05) is 20.1 Å². The van der Waals surface area contributed by atoms with Crippen LogP contribution in [0.3, 0.4) is 0 Å². The van der Waals surface area contributed by atoms with E-state index in [0.29, 0.717) is 0 Å². The summed E-state index contributed by atoms with van der Waals surface area (Å²) in [5, 5.41) is 9.17. The second kappa shape index (κ2) is 7.24. The van der Waals surface area contributed by atoms with Gasteiger partial charge in [-0.1, -0.05) is 25.7 Å². The Labute approximate surface area is 94.7 Å². The molecule has 1 aliphatic carbocycles. The molecule has 0 bridgehead atoms. The van der Waals surface area contributed by atoms with Crippen LogP contribution in [0, 0.1) is 5.92 Å². The predicted octanol–water partition coefficient (Wildman–Crippen LogP) is 2.66. The third kappa shape index (κ3) is 6.16. The molecule has 1 unspecified atom stereocenters. The zero-order chi connectivity index (χ0) is 11.1. The average molecular weight is 213 g/mol. The van der Waals surface area contributed by atoms with E-state index in [2.05, 4.69) is 11.9 Å². The number of nitrogens with zero attached hydrogens (tertiary/aromatic N) is 1. The average Bonchev–Trinajstić information content (AvgIpc) is 2.67. The van der Waals surface area contributed by atoms with Gasteiger partial charge in [0.2, 0.25) is 0 Å². The van der Waals surface area contributed by atoms with Crippen molar-refractivity contribution in [1.29, 1.82) is 0 Å². The van der Waals surface area contributed by atoms with Crippen LogP contribution in [-0.2, 0) is 0 Å². The maximum atomic E-state index is 9.17. The molecule has 0 aromatic heterocycles. The lowest BCUT2D eigenvalue weighted by atomic mass is 10.0. The lowest BCUT2D eigenvalue weighted by Gasteiger charge is -2.18.